The molecule has 0 bridgehead atoms. The van der Waals surface area contributed by atoms with Gasteiger partial charge in [-0.25, -0.2) is 0 Å². The molecule has 0 heterocycles. The van der Waals surface area contributed by atoms with Crippen LogP contribution in [0.1, 0.15) is 0 Å². The zero-order chi connectivity index (χ0) is 6.24. The predicted octanol–water partition coefficient (Wildman–Crippen LogP) is -0.401. The summed E-state index contributed by atoms with van der Waals surface area (Å²) in [6.45, 7) is 1.04. The SMILES string of the molecule is [2H]OCOCCOC. The first-order valence-electron chi connectivity index (χ1n) is 2.47. The van der Waals surface area contributed by atoms with Gasteiger partial charge >= 0.3 is 0 Å². The fourth-order valence-electron chi connectivity index (χ4n) is 0.201. The molecule has 0 aliphatic rings. The van der Waals surface area contributed by atoms with Crippen molar-refractivity contribution in [2.45, 2.75) is 0 Å². The molecule has 1 N–H and O–H groups in total. The average molecular weight is 107 g/mol. The number of rotatable bonds is 5. The van der Waals surface area contributed by atoms with Crippen LogP contribution in [0.2, 0.25) is 0 Å². The molecule has 0 rings (SSSR count). The zero-order valence-electron chi connectivity index (χ0n) is 5.35. The number of methoxy groups -OCH3 is 1. The lowest BCUT2D eigenvalue weighted by atomic mass is 10.8. The molecule has 0 aliphatic heterocycles. The lowest BCUT2D eigenvalue weighted by Crippen LogP contribution is -2.01. The quantitative estimate of drug-likeness (QED) is 0.384. The van der Waals surface area contributed by atoms with Crippen LogP contribution in [0.25, 0.3) is 0 Å². The van der Waals surface area contributed by atoms with E-state index in [-0.39, 0.29) is 6.79 Å². The molecule has 0 aromatic heterocycles. The Kier molecular flexibility index (Phi) is 4.22. The van der Waals surface area contributed by atoms with Crippen molar-refractivity contribution < 1.29 is 14.6 Å². The first-order valence-corrected chi connectivity index (χ1v) is 2.06. The molecule has 0 amide bonds. The monoisotopic (exact) mass is 107 g/mol. The number of hydrogen-bond donors (Lipinski definition) is 1. The van der Waals surface area contributed by atoms with E-state index >= 15 is 0 Å². The van der Waals surface area contributed by atoms with Crippen LogP contribution < -0.4 is 0 Å². The Morgan fingerprint density at radius 3 is 3.14 bits per heavy atom. The highest BCUT2D eigenvalue weighted by Crippen LogP contribution is 1.69. The first-order chi connectivity index (χ1) is 3.91. The lowest BCUT2D eigenvalue weighted by molar-refractivity contribution is -0.0221. The predicted molar refractivity (Wildman–Crippen MR) is 24.9 cm³/mol. The fraction of sp³-hybridized carbons (Fsp3) is 1.00. The summed E-state index contributed by atoms with van der Waals surface area (Å²) in [4.78, 5) is 0. The van der Waals surface area contributed by atoms with Gasteiger partial charge in [-0.3, -0.25) is 0 Å². The lowest BCUT2D eigenvalue weighted by Gasteiger charge is -1.95. The van der Waals surface area contributed by atoms with Gasteiger partial charge in [0.25, 0.3) is 0 Å². The van der Waals surface area contributed by atoms with E-state index < -0.39 is 0 Å². The molecule has 44 valence electrons. The Morgan fingerprint density at radius 2 is 2.57 bits per heavy atom. The molecule has 3 nitrogen and oxygen atoms in total. The third-order valence-electron chi connectivity index (χ3n) is 0.515. The van der Waals surface area contributed by atoms with Gasteiger partial charge in [0.2, 0.25) is 1.43 Å². The minimum atomic E-state index is 0.0172. The van der Waals surface area contributed by atoms with E-state index in [4.69, 9.17) is 1.43 Å². The summed E-state index contributed by atoms with van der Waals surface area (Å²) in [6, 6.07) is 0. The fourth-order valence-corrected chi connectivity index (χ4v) is 0.201. The standard InChI is InChI=1S/C4H10O3/c1-6-2-3-7-4-5/h5H,2-4H2,1H3/i5D. The second-order valence-corrected chi connectivity index (χ2v) is 1.02. The van der Waals surface area contributed by atoms with E-state index in [2.05, 4.69) is 14.6 Å². The number of aliphatic hydroxyl groups excluding tert-OH is 1. The van der Waals surface area contributed by atoms with Crippen LogP contribution in [-0.2, 0) is 9.47 Å². The van der Waals surface area contributed by atoms with Crippen molar-refractivity contribution in [3.8, 4) is 0 Å². The van der Waals surface area contributed by atoms with E-state index in [0.717, 1.165) is 0 Å². The van der Waals surface area contributed by atoms with Gasteiger partial charge in [-0.15, -0.1) is 0 Å². The highest BCUT2D eigenvalue weighted by molar-refractivity contribution is 4.19. The van der Waals surface area contributed by atoms with Crippen molar-refractivity contribution >= 4 is 0 Å². The summed E-state index contributed by atoms with van der Waals surface area (Å²) in [5.41, 5.74) is 0. The molecule has 7 heavy (non-hydrogen) atoms. The van der Waals surface area contributed by atoms with E-state index in [1.165, 1.54) is 0 Å². The number of ether oxygens (including phenoxy) is 2. The largest absolute Gasteiger partial charge is 0.382 e. The summed E-state index contributed by atoms with van der Waals surface area (Å²) >= 11 is 0. The van der Waals surface area contributed by atoms with Gasteiger partial charge in [0.15, 0.2) is 0 Å². The molecular formula is C4H10O3. The van der Waals surface area contributed by atoms with Gasteiger partial charge in [0.1, 0.15) is 6.79 Å². The molecule has 3 heteroatoms. The molecule has 0 saturated carbocycles. The van der Waals surface area contributed by atoms with Crippen molar-refractivity contribution in [1.82, 2.24) is 0 Å². The van der Waals surface area contributed by atoms with E-state index in [9.17, 15) is 0 Å². The van der Waals surface area contributed by atoms with Crippen LogP contribution >= 0.6 is 0 Å². The van der Waals surface area contributed by atoms with Gasteiger partial charge in [-0.1, -0.05) is 0 Å². The topological polar surface area (TPSA) is 38.7 Å². The molecule has 0 aliphatic carbocycles. The third-order valence-corrected chi connectivity index (χ3v) is 0.515. The molecule has 0 saturated heterocycles. The van der Waals surface area contributed by atoms with E-state index in [1.54, 1.807) is 7.11 Å². The van der Waals surface area contributed by atoms with E-state index in [0.29, 0.717) is 13.2 Å². The van der Waals surface area contributed by atoms with Gasteiger partial charge < -0.3 is 14.6 Å². The maximum Gasteiger partial charge on any atom is 0.213 e. The van der Waals surface area contributed by atoms with Crippen LogP contribution in [0.3, 0.4) is 0 Å². The van der Waals surface area contributed by atoms with Crippen LogP contribution in [0, 0.1) is 0 Å². The smallest absolute Gasteiger partial charge is 0.213 e. The average Bonchev–Trinajstić information content (AvgIpc) is 1.81. The van der Waals surface area contributed by atoms with Gasteiger partial charge in [-0.2, -0.15) is 0 Å². The molecule has 0 unspecified atom stereocenters. The van der Waals surface area contributed by atoms with Crippen molar-refractivity contribution in [1.29, 1.82) is 1.43 Å². The second kappa shape index (κ2) is 5.88. The van der Waals surface area contributed by atoms with Crippen molar-refractivity contribution in [3.05, 3.63) is 0 Å². The van der Waals surface area contributed by atoms with Gasteiger partial charge in [-0.05, 0) is 0 Å². The third kappa shape index (κ3) is 5.88. The summed E-state index contributed by atoms with van der Waals surface area (Å²) in [5.74, 6) is 0. The molecular weight excluding hydrogens is 96.0 g/mol. The van der Waals surface area contributed by atoms with Crippen molar-refractivity contribution in [3.63, 3.8) is 0 Å². The molecule has 0 radical (unpaired) electrons. The zero-order valence-corrected chi connectivity index (χ0v) is 4.35. The Bertz CT molecular complexity index is 36.3. The Labute approximate surface area is 44.3 Å². The maximum atomic E-state index is 6.17. The maximum absolute atomic E-state index is 6.17. The molecule has 0 aromatic carbocycles. The summed E-state index contributed by atoms with van der Waals surface area (Å²) < 4.78 is 15.5. The number of hydrogen-bond acceptors (Lipinski definition) is 3. The normalized spacial score (nSPS) is 11.3. The summed E-state index contributed by atoms with van der Waals surface area (Å²) in [6.07, 6.45) is 0. The molecule has 0 spiro atoms. The number of aliphatic hydroxyl groups is 1. The Morgan fingerprint density at radius 1 is 1.71 bits per heavy atom. The van der Waals surface area contributed by atoms with Gasteiger partial charge in [0.05, 0.1) is 13.2 Å². The minimum absolute atomic E-state index is 0.0172. The van der Waals surface area contributed by atoms with E-state index in [1.807, 2.05) is 0 Å². The summed E-state index contributed by atoms with van der Waals surface area (Å²) in [7, 11) is 1.59. The Hall–Kier alpha value is -0.120. The highest BCUT2D eigenvalue weighted by Gasteiger charge is 1.78. The minimum Gasteiger partial charge on any atom is -0.382 e. The van der Waals surface area contributed by atoms with Gasteiger partial charge in [0, 0.05) is 7.11 Å². The first kappa shape index (κ1) is 5.03. The van der Waals surface area contributed by atoms with Crippen molar-refractivity contribution in [2.75, 3.05) is 27.1 Å². The summed E-state index contributed by atoms with van der Waals surface area (Å²) in [5, 5.41) is 3.86. The van der Waals surface area contributed by atoms with Crippen molar-refractivity contribution in [2.24, 2.45) is 0 Å². The molecule has 0 fully saturated rings. The Balaban J connectivity index is 2.53. The van der Waals surface area contributed by atoms with Crippen LogP contribution in [0.4, 0.5) is 0 Å². The highest BCUT2D eigenvalue weighted by atomic mass is 16.6. The van der Waals surface area contributed by atoms with Crippen LogP contribution in [0.5, 0.6) is 0 Å². The van der Waals surface area contributed by atoms with Crippen LogP contribution in [-0.4, -0.2) is 33.7 Å². The van der Waals surface area contributed by atoms with Crippen LogP contribution in [0.15, 0.2) is 0 Å². The second-order valence-electron chi connectivity index (χ2n) is 1.02. The molecule has 0 aromatic rings. The molecule has 0 atom stereocenters.